The van der Waals surface area contributed by atoms with Crippen molar-refractivity contribution in [2.45, 2.75) is 57.1 Å². The molecule has 16 heavy (non-hydrogen) atoms. The first kappa shape index (κ1) is 15.8. The van der Waals surface area contributed by atoms with Crippen LogP contribution in [0.4, 0.5) is 0 Å². The number of unbranched alkanes of at least 4 members (excludes halogenated alkanes) is 5. The summed E-state index contributed by atoms with van der Waals surface area (Å²) >= 11 is 4.13. The first-order chi connectivity index (χ1) is 7.66. The van der Waals surface area contributed by atoms with Crippen LogP contribution in [0.25, 0.3) is 0 Å². The van der Waals surface area contributed by atoms with E-state index in [4.69, 9.17) is 9.84 Å². The highest BCUT2D eigenvalue weighted by molar-refractivity contribution is 7.80. The predicted molar refractivity (Wildman–Crippen MR) is 68.8 cm³/mol. The molecule has 3 nitrogen and oxygen atoms in total. The Morgan fingerprint density at radius 1 is 1.19 bits per heavy atom. The lowest BCUT2D eigenvalue weighted by molar-refractivity contribution is -0.143. The van der Waals surface area contributed by atoms with E-state index in [1.807, 2.05) is 6.92 Å². The molecule has 0 heterocycles. The van der Waals surface area contributed by atoms with Crippen LogP contribution in [0.2, 0.25) is 0 Å². The van der Waals surface area contributed by atoms with E-state index >= 15 is 0 Å². The molecule has 0 amide bonds. The third-order valence-corrected chi connectivity index (χ3v) is 2.46. The molecule has 0 bridgehead atoms. The lowest BCUT2D eigenvalue weighted by Crippen LogP contribution is -2.10. The minimum Gasteiger partial charge on any atom is -0.466 e. The second kappa shape index (κ2) is 11.3. The highest BCUT2D eigenvalue weighted by Gasteiger charge is 2.05. The molecule has 96 valence electrons. The predicted octanol–water partition coefficient (Wildman–Crippen LogP) is 2.57. The van der Waals surface area contributed by atoms with Crippen LogP contribution in [0.3, 0.4) is 0 Å². The van der Waals surface area contributed by atoms with Gasteiger partial charge in [-0.15, -0.1) is 0 Å². The summed E-state index contributed by atoms with van der Waals surface area (Å²) in [5.74, 6) is -0.150. The molecular weight excluding hydrogens is 224 g/mol. The van der Waals surface area contributed by atoms with Gasteiger partial charge < -0.3 is 9.84 Å². The van der Waals surface area contributed by atoms with Gasteiger partial charge in [0.15, 0.2) is 0 Å². The van der Waals surface area contributed by atoms with Crippen LogP contribution in [0.1, 0.15) is 51.9 Å². The van der Waals surface area contributed by atoms with Crippen molar-refractivity contribution in [3.05, 3.63) is 0 Å². The van der Waals surface area contributed by atoms with Gasteiger partial charge in [-0.3, -0.25) is 4.79 Å². The van der Waals surface area contributed by atoms with Crippen molar-refractivity contribution in [1.82, 2.24) is 0 Å². The topological polar surface area (TPSA) is 46.5 Å². The Labute approximate surface area is 104 Å². The quantitative estimate of drug-likeness (QED) is 0.355. The molecule has 1 N–H and O–H groups in total. The molecule has 0 saturated carbocycles. The first-order valence-corrected chi connectivity index (χ1v) is 6.63. The van der Waals surface area contributed by atoms with E-state index < -0.39 is 0 Å². The van der Waals surface area contributed by atoms with E-state index in [2.05, 4.69) is 12.6 Å². The first-order valence-electron chi connectivity index (χ1n) is 6.11. The number of ether oxygens (including phenoxy) is 1. The Morgan fingerprint density at radius 2 is 1.75 bits per heavy atom. The zero-order chi connectivity index (χ0) is 12.2. The monoisotopic (exact) mass is 248 g/mol. The van der Waals surface area contributed by atoms with Gasteiger partial charge >= 0.3 is 5.97 Å². The maximum absolute atomic E-state index is 11.1. The Balaban J connectivity index is 3.11. The van der Waals surface area contributed by atoms with E-state index in [0.29, 0.717) is 19.6 Å². The van der Waals surface area contributed by atoms with Gasteiger partial charge in [0.25, 0.3) is 0 Å². The summed E-state index contributed by atoms with van der Waals surface area (Å²) in [6, 6.07) is 0. The Kier molecular flexibility index (Phi) is 11.1. The summed E-state index contributed by atoms with van der Waals surface area (Å²) in [5.41, 5.74) is 0. The van der Waals surface area contributed by atoms with Crippen molar-refractivity contribution in [2.24, 2.45) is 0 Å². The number of esters is 1. The third-order valence-electron chi connectivity index (χ3n) is 2.28. The van der Waals surface area contributed by atoms with Crippen LogP contribution in [-0.2, 0) is 9.53 Å². The van der Waals surface area contributed by atoms with Crippen LogP contribution < -0.4 is 0 Å². The molecule has 0 aromatic heterocycles. The van der Waals surface area contributed by atoms with Crippen LogP contribution >= 0.6 is 12.6 Å². The second-order valence-corrected chi connectivity index (χ2v) is 5.00. The molecule has 0 spiro atoms. The van der Waals surface area contributed by atoms with Crippen molar-refractivity contribution in [1.29, 1.82) is 0 Å². The molecule has 0 rings (SSSR count). The smallest absolute Gasteiger partial charge is 0.306 e. The van der Waals surface area contributed by atoms with E-state index in [9.17, 15) is 4.79 Å². The maximum Gasteiger partial charge on any atom is 0.306 e. The number of aliphatic hydroxyl groups excluding tert-OH is 1. The molecule has 4 heteroatoms. The number of hydrogen-bond acceptors (Lipinski definition) is 4. The zero-order valence-corrected chi connectivity index (χ0v) is 11.0. The van der Waals surface area contributed by atoms with E-state index in [0.717, 1.165) is 38.5 Å². The van der Waals surface area contributed by atoms with Crippen molar-refractivity contribution >= 4 is 18.6 Å². The van der Waals surface area contributed by atoms with Crippen molar-refractivity contribution in [3.8, 4) is 0 Å². The van der Waals surface area contributed by atoms with E-state index in [-0.39, 0.29) is 11.2 Å². The zero-order valence-electron chi connectivity index (χ0n) is 10.2. The molecule has 0 aliphatic rings. The Bertz CT molecular complexity index is 172. The molecule has 0 aromatic carbocycles. The van der Waals surface area contributed by atoms with Crippen LogP contribution in [-0.4, -0.2) is 29.5 Å². The van der Waals surface area contributed by atoms with Crippen LogP contribution in [0.5, 0.6) is 0 Å². The summed E-state index contributed by atoms with van der Waals surface area (Å²) in [7, 11) is 0. The van der Waals surface area contributed by atoms with E-state index in [1.54, 1.807) is 0 Å². The van der Waals surface area contributed by atoms with Crippen molar-refractivity contribution < 1.29 is 14.6 Å². The summed E-state index contributed by atoms with van der Waals surface area (Å²) < 4.78 is 5.05. The highest BCUT2D eigenvalue weighted by atomic mass is 32.1. The fraction of sp³-hybridized carbons (Fsp3) is 0.917. The molecule has 0 fully saturated rings. The van der Waals surface area contributed by atoms with Crippen molar-refractivity contribution in [2.75, 3.05) is 13.2 Å². The van der Waals surface area contributed by atoms with Gasteiger partial charge in [-0.1, -0.05) is 32.6 Å². The number of thiol groups is 1. The molecule has 0 radical (unpaired) electrons. The number of aliphatic hydroxyl groups is 1. The number of rotatable bonds is 10. The number of carbonyl (C=O) groups excluding carboxylic acids is 1. The average Bonchev–Trinajstić information content (AvgIpc) is 2.21. The average molecular weight is 248 g/mol. The summed E-state index contributed by atoms with van der Waals surface area (Å²) in [5, 5.41) is 8.65. The van der Waals surface area contributed by atoms with Crippen LogP contribution in [0, 0.1) is 0 Å². The second-order valence-electron chi connectivity index (χ2n) is 4.12. The fourth-order valence-electron chi connectivity index (χ4n) is 1.41. The molecule has 0 aromatic rings. The highest BCUT2D eigenvalue weighted by Crippen LogP contribution is 2.06. The number of carbonyl (C=O) groups is 1. The minimum atomic E-state index is -0.150. The molecule has 1 atom stereocenters. The lowest BCUT2D eigenvalue weighted by Gasteiger charge is -2.06. The fourth-order valence-corrected chi connectivity index (χ4v) is 1.56. The van der Waals surface area contributed by atoms with E-state index in [1.165, 1.54) is 0 Å². The third kappa shape index (κ3) is 11.9. The summed E-state index contributed by atoms with van der Waals surface area (Å²) in [4.78, 5) is 11.1. The van der Waals surface area contributed by atoms with Gasteiger partial charge in [0, 0.05) is 11.9 Å². The Morgan fingerprint density at radius 3 is 2.31 bits per heavy atom. The minimum absolute atomic E-state index is 0.0750. The summed E-state index contributed by atoms with van der Waals surface area (Å²) in [6.07, 6.45) is 6.71. The molecule has 0 saturated heterocycles. The standard InChI is InChI=1S/C12H24O3S/c1-11(16)10-12(14)15-9-7-5-3-2-4-6-8-13/h11,13,16H,2-10H2,1H3. The lowest BCUT2D eigenvalue weighted by atomic mass is 10.1. The molecule has 0 aliphatic carbocycles. The van der Waals surface area contributed by atoms with Crippen molar-refractivity contribution in [3.63, 3.8) is 0 Å². The normalized spacial score (nSPS) is 12.4. The summed E-state index contributed by atoms with van der Waals surface area (Å²) in [6.45, 7) is 2.70. The van der Waals surface area contributed by atoms with Gasteiger partial charge in [0.2, 0.25) is 0 Å². The largest absolute Gasteiger partial charge is 0.466 e. The molecule has 0 aliphatic heterocycles. The molecule has 1 unspecified atom stereocenters. The Hall–Kier alpha value is -0.220. The van der Waals surface area contributed by atoms with Crippen LogP contribution in [0.15, 0.2) is 0 Å². The van der Waals surface area contributed by atoms with Gasteiger partial charge in [-0.2, -0.15) is 12.6 Å². The van der Waals surface area contributed by atoms with Gasteiger partial charge in [0.05, 0.1) is 13.0 Å². The van der Waals surface area contributed by atoms with Gasteiger partial charge in [0.1, 0.15) is 0 Å². The number of hydrogen-bond donors (Lipinski definition) is 2. The molecular formula is C12H24O3S. The SMILES string of the molecule is CC(S)CC(=O)OCCCCCCCCO. The maximum atomic E-state index is 11.1. The van der Waals surface area contributed by atoms with Gasteiger partial charge in [-0.05, 0) is 12.8 Å². The van der Waals surface area contributed by atoms with Gasteiger partial charge in [-0.25, -0.2) is 0 Å².